The van der Waals surface area contributed by atoms with E-state index in [1.165, 1.54) is 0 Å². The number of hydrogen-bond acceptors (Lipinski definition) is 1. The number of nitrogens with one attached hydrogen (secondary N) is 1. The summed E-state index contributed by atoms with van der Waals surface area (Å²) in [5.74, 6) is -0.0186. The normalized spacial score (nSPS) is 11.9. The number of allylic oxidation sites excluding steroid dienone is 5. The molecule has 0 saturated heterocycles. The summed E-state index contributed by atoms with van der Waals surface area (Å²) in [6.07, 6.45) is 14.5. The van der Waals surface area contributed by atoms with Gasteiger partial charge in [0, 0.05) is 12.6 Å². The highest BCUT2D eigenvalue weighted by atomic mass is 16.1. The SMILES string of the molecule is CC=CCCC=CC=CC(=O)NCCC. The minimum Gasteiger partial charge on any atom is -0.353 e. The van der Waals surface area contributed by atoms with Gasteiger partial charge in [-0.3, -0.25) is 4.79 Å². The first-order valence-electron chi connectivity index (χ1n) is 5.53. The maximum Gasteiger partial charge on any atom is 0.243 e. The molecule has 0 unspecified atom stereocenters. The van der Waals surface area contributed by atoms with Gasteiger partial charge in [0.2, 0.25) is 5.91 Å². The topological polar surface area (TPSA) is 29.1 Å². The third-order valence-electron chi connectivity index (χ3n) is 1.78. The van der Waals surface area contributed by atoms with E-state index in [0.29, 0.717) is 0 Å². The van der Waals surface area contributed by atoms with Crippen molar-refractivity contribution in [3.63, 3.8) is 0 Å². The van der Waals surface area contributed by atoms with Crippen LogP contribution in [0.3, 0.4) is 0 Å². The molecule has 0 spiro atoms. The van der Waals surface area contributed by atoms with Gasteiger partial charge in [-0.25, -0.2) is 0 Å². The summed E-state index contributed by atoms with van der Waals surface area (Å²) in [7, 11) is 0. The van der Waals surface area contributed by atoms with Crippen LogP contribution >= 0.6 is 0 Å². The lowest BCUT2D eigenvalue weighted by Crippen LogP contribution is -2.21. The largest absolute Gasteiger partial charge is 0.353 e. The molecule has 0 aliphatic carbocycles. The van der Waals surface area contributed by atoms with E-state index in [1.807, 2.05) is 26.0 Å². The Hall–Kier alpha value is -1.31. The summed E-state index contributed by atoms with van der Waals surface area (Å²) in [5.41, 5.74) is 0. The Balaban J connectivity index is 3.55. The highest BCUT2D eigenvalue weighted by Gasteiger charge is 1.89. The molecule has 0 aliphatic rings. The van der Waals surface area contributed by atoms with E-state index >= 15 is 0 Å². The predicted octanol–water partition coefficient (Wildman–Crippen LogP) is 2.98. The minimum atomic E-state index is -0.0186. The molecule has 1 amide bonds. The quantitative estimate of drug-likeness (QED) is 0.296. The molecule has 0 aromatic heterocycles. The zero-order valence-electron chi connectivity index (χ0n) is 9.70. The van der Waals surface area contributed by atoms with Crippen molar-refractivity contribution in [2.24, 2.45) is 0 Å². The summed E-state index contributed by atoms with van der Waals surface area (Å²) in [6, 6.07) is 0. The Morgan fingerprint density at radius 3 is 2.60 bits per heavy atom. The van der Waals surface area contributed by atoms with Crippen LogP contribution in [0.2, 0.25) is 0 Å². The van der Waals surface area contributed by atoms with Crippen LogP contribution in [-0.4, -0.2) is 12.5 Å². The number of carbonyl (C=O) groups is 1. The van der Waals surface area contributed by atoms with E-state index < -0.39 is 0 Å². The lowest BCUT2D eigenvalue weighted by atomic mass is 10.2. The molecule has 0 fully saturated rings. The van der Waals surface area contributed by atoms with E-state index in [2.05, 4.69) is 17.5 Å². The highest BCUT2D eigenvalue weighted by Crippen LogP contribution is 1.92. The van der Waals surface area contributed by atoms with Gasteiger partial charge in [0.1, 0.15) is 0 Å². The fourth-order valence-corrected chi connectivity index (χ4v) is 0.984. The molecular weight excluding hydrogens is 186 g/mol. The second kappa shape index (κ2) is 10.8. The Morgan fingerprint density at radius 1 is 1.20 bits per heavy atom. The van der Waals surface area contributed by atoms with E-state index in [-0.39, 0.29) is 5.91 Å². The zero-order valence-corrected chi connectivity index (χ0v) is 9.70. The molecule has 0 aliphatic heterocycles. The number of carbonyl (C=O) groups excluding carboxylic acids is 1. The zero-order chi connectivity index (χ0) is 11.4. The lowest BCUT2D eigenvalue weighted by Gasteiger charge is -1.95. The smallest absolute Gasteiger partial charge is 0.243 e. The Kier molecular flexibility index (Phi) is 9.83. The fraction of sp³-hybridized carbons (Fsp3) is 0.462. The van der Waals surface area contributed by atoms with Crippen LogP contribution in [0.25, 0.3) is 0 Å². The minimum absolute atomic E-state index is 0.0186. The van der Waals surface area contributed by atoms with Crippen LogP contribution in [0.1, 0.15) is 33.1 Å². The summed E-state index contributed by atoms with van der Waals surface area (Å²) in [4.78, 5) is 11.1. The van der Waals surface area contributed by atoms with Crippen LogP contribution in [0.15, 0.2) is 36.5 Å². The van der Waals surface area contributed by atoms with Crippen molar-refractivity contribution in [1.29, 1.82) is 0 Å². The maximum atomic E-state index is 11.1. The van der Waals surface area contributed by atoms with Crippen molar-refractivity contribution in [2.45, 2.75) is 33.1 Å². The van der Waals surface area contributed by atoms with Gasteiger partial charge < -0.3 is 5.32 Å². The van der Waals surface area contributed by atoms with Gasteiger partial charge in [-0.1, -0.05) is 37.3 Å². The molecular formula is C13H21NO. The van der Waals surface area contributed by atoms with Crippen LogP contribution in [0.5, 0.6) is 0 Å². The molecule has 0 atom stereocenters. The molecule has 1 N–H and O–H groups in total. The van der Waals surface area contributed by atoms with E-state index in [0.717, 1.165) is 25.8 Å². The number of rotatable bonds is 7. The average molecular weight is 207 g/mol. The van der Waals surface area contributed by atoms with Gasteiger partial charge in [0.05, 0.1) is 0 Å². The summed E-state index contributed by atoms with van der Waals surface area (Å²) < 4.78 is 0. The molecule has 0 heterocycles. The third-order valence-corrected chi connectivity index (χ3v) is 1.78. The molecule has 0 aromatic rings. The molecule has 0 bridgehead atoms. The average Bonchev–Trinajstić information content (AvgIpc) is 2.25. The Labute approximate surface area is 92.8 Å². The van der Waals surface area contributed by atoms with Gasteiger partial charge >= 0.3 is 0 Å². The Bertz CT molecular complexity index is 239. The summed E-state index contributed by atoms with van der Waals surface area (Å²) >= 11 is 0. The molecule has 84 valence electrons. The standard InChI is InChI=1S/C13H21NO/c1-3-5-6-7-8-9-10-11-13(15)14-12-4-2/h3,5,8-11H,4,6-7,12H2,1-2H3,(H,14,15). The molecule has 0 aromatic carbocycles. The number of hydrogen-bond donors (Lipinski definition) is 1. The third kappa shape index (κ3) is 10.6. The van der Waals surface area contributed by atoms with Crippen LogP contribution in [0, 0.1) is 0 Å². The van der Waals surface area contributed by atoms with Crippen molar-refractivity contribution >= 4 is 5.91 Å². The second-order valence-corrected chi connectivity index (χ2v) is 3.22. The van der Waals surface area contributed by atoms with Crippen molar-refractivity contribution in [1.82, 2.24) is 5.32 Å². The van der Waals surface area contributed by atoms with E-state index in [1.54, 1.807) is 12.2 Å². The molecule has 2 heteroatoms. The molecule has 15 heavy (non-hydrogen) atoms. The Morgan fingerprint density at radius 2 is 1.93 bits per heavy atom. The van der Waals surface area contributed by atoms with Crippen LogP contribution in [0.4, 0.5) is 0 Å². The lowest BCUT2D eigenvalue weighted by molar-refractivity contribution is -0.116. The highest BCUT2D eigenvalue weighted by molar-refractivity contribution is 5.87. The summed E-state index contributed by atoms with van der Waals surface area (Å²) in [6.45, 7) is 4.79. The second-order valence-electron chi connectivity index (χ2n) is 3.22. The van der Waals surface area contributed by atoms with Crippen molar-refractivity contribution in [2.75, 3.05) is 6.54 Å². The van der Waals surface area contributed by atoms with Crippen LogP contribution < -0.4 is 5.32 Å². The van der Waals surface area contributed by atoms with E-state index in [9.17, 15) is 4.79 Å². The molecule has 0 radical (unpaired) electrons. The number of amides is 1. The maximum absolute atomic E-state index is 11.1. The number of unbranched alkanes of at least 4 members (excludes halogenated alkanes) is 1. The van der Waals surface area contributed by atoms with Gasteiger partial charge in [-0.05, 0) is 26.2 Å². The molecule has 0 rings (SSSR count). The van der Waals surface area contributed by atoms with Crippen molar-refractivity contribution in [3.8, 4) is 0 Å². The molecule has 2 nitrogen and oxygen atoms in total. The molecule has 0 saturated carbocycles. The fourth-order valence-electron chi connectivity index (χ4n) is 0.984. The monoisotopic (exact) mass is 207 g/mol. The van der Waals surface area contributed by atoms with Gasteiger partial charge in [0.15, 0.2) is 0 Å². The first-order valence-corrected chi connectivity index (χ1v) is 5.53. The first-order chi connectivity index (χ1) is 7.31. The predicted molar refractivity (Wildman–Crippen MR) is 65.6 cm³/mol. The van der Waals surface area contributed by atoms with E-state index in [4.69, 9.17) is 0 Å². The van der Waals surface area contributed by atoms with Crippen molar-refractivity contribution < 1.29 is 4.79 Å². The first kappa shape index (κ1) is 13.7. The van der Waals surface area contributed by atoms with Gasteiger partial charge in [-0.15, -0.1) is 0 Å². The van der Waals surface area contributed by atoms with Gasteiger partial charge in [-0.2, -0.15) is 0 Å². The van der Waals surface area contributed by atoms with Crippen LogP contribution in [-0.2, 0) is 4.79 Å². The van der Waals surface area contributed by atoms with Crippen molar-refractivity contribution in [3.05, 3.63) is 36.5 Å². The van der Waals surface area contributed by atoms with Gasteiger partial charge in [0.25, 0.3) is 0 Å². The summed E-state index contributed by atoms with van der Waals surface area (Å²) in [5, 5.41) is 2.77.